The Labute approximate surface area is 129 Å². The van der Waals surface area contributed by atoms with Gasteiger partial charge in [-0.25, -0.2) is 0 Å². The predicted octanol–water partition coefficient (Wildman–Crippen LogP) is 1.40. The van der Waals surface area contributed by atoms with Crippen molar-refractivity contribution in [3.8, 4) is 0 Å². The van der Waals surface area contributed by atoms with Gasteiger partial charge in [-0.3, -0.25) is 24.3 Å². The van der Waals surface area contributed by atoms with Crippen molar-refractivity contribution in [2.24, 2.45) is 0 Å². The van der Waals surface area contributed by atoms with Crippen LogP contribution in [0.5, 0.6) is 0 Å². The molecule has 114 valence electrons. The first-order valence-corrected chi connectivity index (χ1v) is 7.60. The first kappa shape index (κ1) is 14.5. The Morgan fingerprint density at radius 2 is 2.18 bits per heavy atom. The van der Waals surface area contributed by atoms with Crippen molar-refractivity contribution in [2.75, 3.05) is 6.54 Å². The fourth-order valence-electron chi connectivity index (χ4n) is 2.46. The number of pyridine rings is 1. The van der Waals surface area contributed by atoms with Crippen LogP contribution in [0.25, 0.3) is 0 Å². The zero-order valence-corrected chi connectivity index (χ0v) is 12.4. The highest BCUT2D eigenvalue weighted by atomic mass is 32.1. The van der Waals surface area contributed by atoms with E-state index in [-0.39, 0.29) is 18.1 Å². The Kier molecular flexibility index (Phi) is 3.76. The number of nitro groups is 1. The molecule has 1 aliphatic rings. The van der Waals surface area contributed by atoms with Gasteiger partial charge in [-0.05, 0) is 23.4 Å². The Morgan fingerprint density at radius 1 is 1.36 bits per heavy atom. The lowest BCUT2D eigenvalue weighted by molar-refractivity contribution is -0.385. The lowest BCUT2D eigenvalue weighted by Crippen LogP contribution is -2.39. The fraction of sp³-hybridized carbons (Fsp3) is 0.286. The van der Waals surface area contributed by atoms with Crippen LogP contribution in [0.15, 0.2) is 34.6 Å². The quantitative estimate of drug-likeness (QED) is 0.632. The summed E-state index contributed by atoms with van der Waals surface area (Å²) in [7, 11) is 0. The van der Waals surface area contributed by atoms with Crippen LogP contribution in [0.2, 0.25) is 0 Å². The highest BCUT2D eigenvalue weighted by molar-refractivity contribution is 7.10. The highest BCUT2D eigenvalue weighted by Gasteiger charge is 2.22. The number of rotatable bonds is 3. The van der Waals surface area contributed by atoms with E-state index in [9.17, 15) is 19.7 Å². The molecule has 8 heteroatoms. The normalized spacial score (nSPS) is 13.7. The molecule has 3 rings (SSSR count). The molecule has 2 aromatic rings. The molecule has 0 radical (unpaired) electrons. The molecular formula is C14H13N3O4S. The highest BCUT2D eigenvalue weighted by Crippen LogP contribution is 2.24. The minimum Gasteiger partial charge on any atom is -0.336 e. The third-order valence-electron chi connectivity index (χ3n) is 3.64. The number of hydrogen-bond donors (Lipinski definition) is 0. The minimum atomic E-state index is -0.584. The maximum absolute atomic E-state index is 12.3. The summed E-state index contributed by atoms with van der Waals surface area (Å²) in [5, 5.41) is 12.8. The summed E-state index contributed by atoms with van der Waals surface area (Å²) in [6, 6.07) is 4.25. The van der Waals surface area contributed by atoms with E-state index < -0.39 is 10.5 Å². The Morgan fingerprint density at radius 3 is 2.95 bits per heavy atom. The van der Waals surface area contributed by atoms with Gasteiger partial charge < -0.3 is 4.90 Å². The smallest absolute Gasteiger partial charge is 0.285 e. The molecule has 0 bridgehead atoms. The van der Waals surface area contributed by atoms with E-state index in [4.69, 9.17) is 0 Å². The Balaban J connectivity index is 1.76. The van der Waals surface area contributed by atoms with Gasteiger partial charge >= 0.3 is 0 Å². The summed E-state index contributed by atoms with van der Waals surface area (Å²) in [4.78, 5) is 37.2. The van der Waals surface area contributed by atoms with Crippen molar-refractivity contribution >= 4 is 22.9 Å². The van der Waals surface area contributed by atoms with E-state index in [0.717, 1.165) is 34.9 Å². The molecule has 7 nitrogen and oxygen atoms in total. The molecule has 0 saturated carbocycles. The summed E-state index contributed by atoms with van der Waals surface area (Å²) in [6.45, 7) is 0.956. The van der Waals surface area contributed by atoms with Gasteiger partial charge in [0.15, 0.2) is 0 Å². The van der Waals surface area contributed by atoms with Gasteiger partial charge in [0, 0.05) is 30.1 Å². The summed E-state index contributed by atoms with van der Waals surface area (Å²) < 4.78 is 1.09. The number of fused-ring (bicyclic) bond motifs is 1. The number of carbonyl (C=O) groups excluding carboxylic acids is 1. The standard InChI is InChI=1S/C14H13N3O4S/c18-13-2-1-11(17(20)21)8-16(13)9-14(19)15-5-3-12-10(7-15)4-6-22-12/h1-2,4,6,8H,3,5,7,9H2. The van der Waals surface area contributed by atoms with Crippen LogP contribution in [-0.4, -0.2) is 26.8 Å². The minimum absolute atomic E-state index is 0.181. The molecule has 2 aromatic heterocycles. The lowest BCUT2D eigenvalue weighted by Gasteiger charge is -2.27. The summed E-state index contributed by atoms with van der Waals surface area (Å²) in [6.07, 6.45) is 1.92. The van der Waals surface area contributed by atoms with Gasteiger partial charge in [0.2, 0.25) is 5.91 Å². The summed E-state index contributed by atoms with van der Waals surface area (Å²) >= 11 is 1.68. The molecule has 0 N–H and O–H groups in total. The molecule has 22 heavy (non-hydrogen) atoms. The molecule has 0 spiro atoms. The number of nitrogens with zero attached hydrogens (tertiary/aromatic N) is 3. The SMILES string of the molecule is O=C(Cn1cc([N+](=O)[O-])ccc1=O)N1CCc2sccc2C1. The van der Waals surface area contributed by atoms with Crippen LogP contribution in [0, 0.1) is 10.1 Å². The fourth-order valence-corrected chi connectivity index (χ4v) is 3.35. The van der Waals surface area contributed by atoms with Crippen molar-refractivity contribution in [2.45, 2.75) is 19.5 Å². The summed E-state index contributed by atoms with van der Waals surface area (Å²) in [5.74, 6) is -0.209. The average Bonchev–Trinajstić information content (AvgIpc) is 2.96. The number of amides is 1. The molecule has 1 amide bonds. The molecular weight excluding hydrogens is 306 g/mol. The summed E-state index contributed by atoms with van der Waals surface area (Å²) in [5.41, 5.74) is 0.509. The molecule has 0 atom stereocenters. The largest absolute Gasteiger partial charge is 0.336 e. The molecule has 0 unspecified atom stereocenters. The zero-order valence-electron chi connectivity index (χ0n) is 11.6. The first-order valence-electron chi connectivity index (χ1n) is 6.72. The van der Waals surface area contributed by atoms with E-state index in [1.54, 1.807) is 16.2 Å². The zero-order chi connectivity index (χ0) is 15.7. The molecule has 0 saturated heterocycles. The average molecular weight is 319 g/mol. The number of thiophene rings is 1. The maximum atomic E-state index is 12.3. The molecule has 3 heterocycles. The Hall–Kier alpha value is -2.48. The topological polar surface area (TPSA) is 85.5 Å². The van der Waals surface area contributed by atoms with Gasteiger partial charge in [-0.1, -0.05) is 0 Å². The van der Waals surface area contributed by atoms with Crippen LogP contribution < -0.4 is 5.56 Å². The van der Waals surface area contributed by atoms with Gasteiger partial charge in [-0.2, -0.15) is 0 Å². The van der Waals surface area contributed by atoms with Crippen molar-refractivity contribution in [3.05, 3.63) is 60.7 Å². The monoisotopic (exact) mass is 319 g/mol. The van der Waals surface area contributed by atoms with E-state index in [1.807, 2.05) is 11.4 Å². The molecule has 0 fully saturated rings. The van der Waals surface area contributed by atoms with E-state index in [1.165, 1.54) is 4.88 Å². The third kappa shape index (κ3) is 2.77. The predicted molar refractivity (Wildman–Crippen MR) is 80.8 cm³/mol. The Bertz CT molecular complexity index is 795. The van der Waals surface area contributed by atoms with Crippen molar-refractivity contribution in [1.29, 1.82) is 0 Å². The van der Waals surface area contributed by atoms with Gasteiger partial charge in [0.25, 0.3) is 11.2 Å². The lowest BCUT2D eigenvalue weighted by atomic mass is 10.1. The van der Waals surface area contributed by atoms with Crippen molar-refractivity contribution < 1.29 is 9.72 Å². The van der Waals surface area contributed by atoms with Crippen LogP contribution in [-0.2, 0) is 24.3 Å². The molecule has 0 aromatic carbocycles. The van der Waals surface area contributed by atoms with Crippen molar-refractivity contribution in [1.82, 2.24) is 9.47 Å². The van der Waals surface area contributed by atoms with Crippen LogP contribution in [0.1, 0.15) is 10.4 Å². The molecule has 1 aliphatic heterocycles. The third-order valence-corrected chi connectivity index (χ3v) is 4.67. The maximum Gasteiger partial charge on any atom is 0.285 e. The first-order chi connectivity index (χ1) is 10.5. The molecule has 0 aliphatic carbocycles. The second-order valence-electron chi connectivity index (χ2n) is 5.04. The van der Waals surface area contributed by atoms with E-state index in [2.05, 4.69) is 0 Å². The second kappa shape index (κ2) is 5.72. The van der Waals surface area contributed by atoms with E-state index >= 15 is 0 Å². The van der Waals surface area contributed by atoms with Gasteiger partial charge in [0.05, 0.1) is 11.1 Å². The van der Waals surface area contributed by atoms with Crippen LogP contribution in [0.4, 0.5) is 5.69 Å². The number of hydrogen-bond acceptors (Lipinski definition) is 5. The second-order valence-corrected chi connectivity index (χ2v) is 6.05. The van der Waals surface area contributed by atoms with E-state index in [0.29, 0.717) is 13.1 Å². The number of carbonyl (C=O) groups is 1. The van der Waals surface area contributed by atoms with Crippen molar-refractivity contribution in [3.63, 3.8) is 0 Å². The van der Waals surface area contributed by atoms with Gasteiger partial charge in [0.1, 0.15) is 6.54 Å². The number of aromatic nitrogens is 1. The van der Waals surface area contributed by atoms with Crippen LogP contribution in [0.3, 0.4) is 0 Å². The van der Waals surface area contributed by atoms with Crippen LogP contribution >= 0.6 is 11.3 Å². The van der Waals surface area contributed by atoms with Gasteiger partial charge in [-0.15, -0.1) is 11.3 Å².